The van der Waals surface area contributed by atoms with E-state index in [9.17, 15) is 0 Å². The van der Waals surface area contributed by atoms with E-state index in [1.54, 1.807) is 7.05 Å². The van der Waals surface area contributed by atoms with E-state index in [1.807, 2.05) is 13.8 Å². The first-order valence-corrected chi connectivity index (χ1v) is 7.07. The van der Waals surface area contributed by atoms with Crippen LogP contribution in [0.4, 0.5) is 0 Å². The molecule has 0 saturated carbocycles. The number of hydrogen-bond acceptors (Lipinski definition) is 5. The van der Waals surface area contributed by atoms with Crippen molar-refractivity contribution in [3.8, 4) is 0 Å². The van der Waals surface area contributed by atoms with Crippen LogP contribution in [0.25, 0.3) is 0 Å². The maximum atomic E-state index is 5.29. The lowest BCUT2D eigenvalue weighted by molar-refractivity contribution is 0.143. The second-order valence-electron chi connectivity index (χ2n) is 4.32. The average molecular weight is 411 g/mol. The largest absolute Gasteiger partial charge is 0.382 e. The molecule has 1 aromatic heterocycles. The SMILES string of the molecule is CCOCCCCNC(=NC)NCCc1nc(C)no1.I. The molecule has 1 heterocycles. The minimum absolute atomic E-state index is 0. The lowest BCUT2D eigenvalue weighted by Crippen LogP contribution is -2.38. The molecule has 0 spiro atoms. The first-order valence-electron chi connectivity index (χ1n) is 7.07. The summed E-state index contributed by atoms with van der Waals surface area (Å²) in [5, 5.41) is 10.2. The molecule has 0 radical (unpaired) electrons. The third kappa shape index (κ3) is 9.62. The summed E-state index contributed by atoms with van der Waals surface area (Å²) in [6.45, 7) is 7.01. The average Bonchev–Trinajstić information content (AvgIpc) is 2.86. The van der Waals surface area contributed by atoms with Crippen molar-refractivity contribution in [1.82, 2.24) is 20.8 Å². The van der Waals surface area contributed by atoms with Gasteiger partial charge in [0.05, 0.1) is 0 Å². The summed E-state index contributed by atoms with van der Waals surface area (Å²) in [6, 6.07) is 0. The third-order valence-electron chi connectivity index (χ3n) is 2.64. The molecule has 0 saturated heterocycles. The van der Waals surface area contributed by atoms with Crippen molar-refractivity contribution < 1.29 is 9.26 Å². The molecule has 1 aromatic rings. The highest BCUT2D eigenvalue weighted by molar-refractivity contribution is 14.0. The van der Waals surface area contributed by atoms with E-state index < -0.39 is 0 Å². The second kappa shape index (κ2) is 12.8. The van der Waals surface area contributed by atoms with Gasteiger partial charge in [0.15, 0.2) is 11.8 Å². The predicted octanol–water partition coefficient (Wildman–Crippen LogP) is 1.52. The Labute approximate surface area is 143 Å². The Balaban J connectivity index is 0.00000400. The van der Waals surface area contributed by atoms with Crippen LogP contribution < -0.4 is 10.6 Å². The molecule has 0 atom stereocenters. The Hall–Kier alpha value is -0.900. The molecule has 0 aliphatic heterocycles. The highest BCUT2D eigenvalue weighted by Gasteiger charge is 2.03. The minimum Gasteiger partial charge on any atom is -0.382 e. The Morgan fingerprint density at radius 2 is 2.05 bits per heavy atom. The number of halogens is 1. The Morgan fingerprint density at radius 3 is 2.67 bits per heavy atom. The van der Waals surface area contributed by atoms with Crippen molar-refractivity contribution in [2.75, 3.05) is 33.4 Å². The normalized spacial score (nSPS) is 11.1. The fraction of sp³-hybridized carbons (Fsp3) is 0.769. The van der Waals surface area contributed by atoms with Crippen molar-refractivity contribution in [1.29, 1.82) is 0 Å². The summed E-state index contributed by atoms with van der Waals surface area (Å²) >= 11 is 0. The van der Waals surface area contributed by atoms with E-state index in [-0.39, 0.29) is 24.0 Å². The maximum Gasteiger partial charge on any atom is 0.228 e. The maximum absolute atomic E-state index is 5.29. The van der Waals surface area contributed by atoms with Crippen LogP contribution in [-0.4, -0.2) is 49.5 Å². The van der Waals surface area contributed by atoms with Gasteiger partial charge >= 0.3 is 0 Å². The van der Waals surface area contributed by atoms with Crippen molar-refractivity contribution in [3.63, 3.8) is 0 Å². The number of aliphatic imine (C=N–C) groups is 1. The Kier molecular flexibility index (Phi) is 12.3. The molecule has 0 aliphatic carbocycles. The standard InChI is InChI=1S/C13H25N5O2.HI/c1-4-19-10-6-5-8-15-13(14-3)16-9-7-12-17-11(2)18-20-12;/h4-10H2,1-3H3,(H2,14,15,16);1H. The molecular weight excluding hydrogens is 385 g/mol. The van der Waals surface area contributed by atoms with Crippen molar-refractivity contribution >= 4 is 29.9 Å². The highest BCUT2D eigenvalue weighted by Crippen LogP contribution is 1.95. The molecule has 122 valence electrons. The second-order valence-corrected chi connectivity index (χ2v) is 4.32. The first kappa shape index (κ1) is 20.1. The van der Waals surface area contributed by atoms with Crippen LogP contribution >= 0.6 is 24.0 Å². The molecule has 8 heteroatoms. The molecule has 2 N–H and O–H groups in total. The summed E-state index contributed by atoms with van der Waals surface area (Å²) < 4.78 is 10.3. The number of hydrogen-bond donors (Lipinski definition) is 2. The predicted molar refractivity (Wildman–Crippen MR) is 93.2 cm³/mol. The Morgan fingerprint density at radius 1 is 1.29 bits per heavy atom. The number of ether oxygens (including phenoxy) is 1. The van der Waals surface area contributed by atoms with Gasteiger partial charge in [-0.25, -0.2) is 0 Å². The molecule has 0 fully saturated rings. The number of nitrogens with one attached hydrogen (secondary N) is 2. The molecule has 0 amide bonds. The molecule has 0 aliphatic rings. The zero-order valence-corrected chi connectivity index (χ0v) is 15.3. The smallest absolute Gasteiger partial charge is 0.228 e. The fourth-order valence-corrected chi connectivity index (χ4v) is 1.63. The molecule has 0 aromatic carbocycles. The van der Waals surface area contributed by atoms with Gasteiger partial charge in [0.1, 0.15) is 0 Å². The zero-order chi connectivity index (χ0) is 14.6. The summed E-state index contributed by atoms with van der Waals surface area (Å²) in [4.78, 5) is 8.30. The quantitative estimate of drug-likeness (QED) is 0.278. The van der Waals surface area contributed by atoms with Crippen LogP contribution in [0.2, 0.25) is 0 Å². The van der Waals surface area contributed by atoms with Crippen LogP contribution in [0.3, 0.4) is 0 Å². The topological polar surface area (TPSA) is 84.6 Å². The van der Waals surface area contributed by atoms with Gasteiger partial charge in [-0.3, -0.25) is 4.99 Å². The van der Waals surface area contributed by atoms with E-state index in [4.69, 9.17) is 9.26 Å². The van der Waals surface area contributed by atoms with E-state index in [2.05, 4.69) is 25.8 Å². The van der Waals surface area contributed by atoms with Gasteiger partial charge in [-0.1, -0.05) is 5.16 Å². The summed E-state index contributed by atoms with van der Waals surface area (Å²) in [5.41, 5.74) is 0. The molecule has 0 unspecified atom stereocenters. The van der Waals surface area contributed by atoms with Gasteiger partial charge < -0.3 is 19.9 Å². The summed E-state index contributed by atoms with van der Waals surface area (Å²) in [6.07, 6.45) is 2.80. The molecular formula is C13H26IN5O2. The lowest BCUT2D eigenvalue weighted by atomic mass is 10.3. The van der Waals surface area contributed by atoms with Crippen molar-refractivity contribution in [2.24, 2.45) is 4.99 Å². The van der Waals surface area contributed by atoms with Gasteiger partial charge in [-0.15, -0.1) is 24.0 Å². The molecule has 0 bridgehead atoms. The number of aryl methyl sites for hydroxylation is 1. The number of aromatic nitrogens is 2. The first-order chi connectivity index (χ1) is 9.76. The van der Waals surface area contributed by atoms with Gasteiger partial charge in [0, 0.05) is 39.8 Å². The monoisotopic (exact) mass is 411 g/mol. The number of rotatable bonds is 9. The molecule has 21 heavy (non-hydrogen) atoms. The molecule has 1 rings (SSSR count). The van der Waals surface area contributed by atoms with E-state index >= 15 is 0 Å². The van der Waals surface area contributed by atoms with Crippen LogP contribution in [0.5, 0.6) is 0 Å². The van der Waals surface area contributed by atoms with Gasteiger partial charge in [0.2, 0.25) is 5.89 Å². The van der Waals surface area contributed by atoms with Crippen molar-refractivity contribution in [2.45, 2.75) is 33.1 Å². The van der Waals surface area contributed by atoms with Crippen LogP contribution in [-0.2, 0) is 11.2 Å². The highest BCUT2D eigenvalue weighted by atomic mass is 127. The zero-order valence-electron chi connectivity index (χ0n) is 13.0. The van der Waals surface area contributed by atoms with Gasteiger partial charge in [-0.2, -0.15) is 4.98 Å². The number of unbranched alkanes of at least 4 members (excludes halogenated alkanes) is 1. The third-order valence-corrected chi connectivity index (χ3v) is 2.64. The van der Waals surface area contributed by atoms with Crippen LogP contribution in [0, 0.1) is 6.92 Å². The van der Waals surface area contributed by atoms with E-state index in [0.29, 0.717) is 24.7 Å². The fourth-order valence-electron chi connectivity index (χ4n) is 1.63. The Bertz CT molecular complexity index is 398. The van der Waals surface area contributed by atoms with Gasteiger partial charge in [-0.05, 0) is 26.7 Å². The number of guanidine groups is 1. The van der Waals surface area contributed by atoms with E-state index in [1.165, 1.54) is 0 Å². The van der Waals surface area contributed by atoms with Crippen LogP contribution in [0.1, 0.15) is 31.5 Å². The van der Waals surface area contributed by atoms with Crippen molar-refractivity contribution in [3.05, 3.63) is 11.7 Å². The van der Waals surface area contributed by atoms with Gasteiger partial charge in [0.25, 0.3) is 0 Å². The summed E-state index contributed by atoms with van der Waals surface area (Å²) in [5.74, 6) is 2.09. The number of nitrogens with zero attached hydrogens (tertiary/aromatic N) is 3. The lowest BCUT2D eigenvalue weighted by Gasteiger charge is -2.10. The molecule has 7 nitrogen and oxygen atoms in total. The van der Waals surface area contributed by atoms with Crippen LogP contribution in [0.15, 0.2) is 9.52 Å². The van der Waals surface area contributed by atoms with E-state index in [0.717, 1.165) is 38.6 Å². The summed E-state index contributed by atoms with van der Waals surface area (Å²) in [7, 11) is 1.76. The minimum atomic E-state index is 0.